The van der Waals surface area contributed by atoms with Gasteiger partial charge in [-0.3, -0.25) is 0 Å². The third-order valence-electron chi connectivity index (χ3n) is 4.48. The van der Waals surface area contributed by atoms with E-state index < -0.39 is 11.7 Å². The predicted octanol–water partition coefficient (Wildman–Crippen LogP) is 6.01. The van der Waals surface area contributed by atoms with Crippen LogP contribution in [0.2, 0.25) is 0 Å². The van der Waals surface area contributed by atoms with Crippen molar-refractivity contribution in [3.63, 3.8) is 0 Å². The van der Waals surface area contributed by atoms with Gasteiger partial charge in [0.25, 0.3) is 0 Å². The largest absolute Gasteiger partial charge is 0.491 e. The minimum atomic E-state index is -4.58. The lowest BCUT2D eigenvalue weighted by molar-refractivity contribution is -0.137. The summed E-state index contributed by atoms with van der Waals surface area (Å²) in [5, 5.41) is 0. The molecule has 2 aromatic rings. The van der Waals surface area contributed by atoms with E-state index in [-0.39, 0.29) is 17.9 Å². The molecular formula is C21H28F3N3O2. The monoisotopic (exact) mass is 411 g/mol. The minimum absolute atomic E-state index is 0.0599. The number of unbranched alkanes of at least 4 members (excludes halogenated alkanes) is 2. The number of benzene rings is 1. The molecule has 1 unspecified atom stereocenters. The van der Waals surface area contributed by atoms with Crippen LogP contribution in [0.3, 0.4) is 0 Å². The summed E-state index contributed by atoms with van der Waals surface area (Å²) in [6.45, 7) is 6.39. The van der Waals surface area contributed by atoms with Gasteiger partial charge in [-0.15, -0.1) is 0 Å². The van der Waals surface area contributed by atoms with E-state index in [1.165, 1.54) is 11.9 Å². The maximum absolute atomic E-state index is 13.5. The second-order valence-corrected chi connectivity index (χ2v) is 6.83. The van der Waals surface area contributed by atoms with Crippen molar-refractivity contribution in [3.8, 4) is 11.8 Å². The van der Waals surface area contributed by atoms with Crippen LogP contribution in [-0.2, 0) is 6.18 Å². The number of anilines is 2. The Morgan fingerprint density at radius 2 is 1.79 bits per heavy atom. The SMILES string of the molecule is CCCCCOc1ncc(C(F)(F)F)c(N(C)c2ccc(OC(C)CC)cc2)n1. The van der Waals surface area contributed by atoms with Gasteiger partial charge in [-0.05, 0) is 44.0 Å². The summed E-state index contributed by atoms with van der Waals surface area (Å²) in [6, 6.07) is 6.79. The van der Waals surface area contributed by atoms with E-state index in [2.05, 4.69) is 16.9 Å². The molecule has 5 nitrogen and oxygen atoms in total. The van der Waals surface area contributed by atoms with E-state index in [1.807, 2.05) is 13.8 Å². The Balaban J connectivity index is 2.26. The second kappa shape index (κ2) is 10.3. The molecule has 0 bridgehead atoms. The van der Waals surface area contributed by atoms with Gasteiger partial charge in [-0.1, -0.05) is 26.7 Å². The third kappa shape index (κ3) is 6.51. The van der Waals surface area contributed by atoms with Crippen molar-refractivity contribution in [2.75, 3.05) is 18.6 Å². The molecule has 1 atom stereocenters. The molecule has 2 rings (SSSR count). The van der Waals surface area contributed by atoms with E-state index in [0.29, 0.717) is 18.0 Å². The lowest BCUT2D eigenvalue weighted by atomic mass is 10.2. The van der Waals surface area contributed by atoms with Crippen molar-refractivity contribution in [3.05, 3.63) is 36.0 Å². The number of hydrogen-bond donors (Lipinski definition) is 0. The van der Waals surface area contributed by atoms with Crippen molar-refractivity contribution in [2.45, 2.75) is 58.7 Å². The molecule has 1 aromatic heterocycles. The number of hydrogen-bond acceptors (Lipinski definition) is 5. The molecule has 0 saturated carbocycles. The number of rotatable bonds is 10. The maximum Gasteiger partial charge on any atom is 0.421 e. The van der Waals surface area contributed by atoms with Crippen molar-refractivity contribution >= 4 is 11.5 Å². The van der Waals surface area contributed by atoms with Crippen LogP contribution >= 0.6 is 0 Å². The van der Waals surface area contributed by atoms with Gasteiger partial charge in [0.2, 0.25) is 0 Å². The van der Waals surface area contributed by atoms with Gasteiger partial charge < -0.3 is 14.4 Å². The molecule has 8 heteroatoms. The molecular weight excluding hydrogens is 383 g/mol. The molecule has 0 N–H and O–H groups in total. The van der Waals surface area contributed by atoms with Crippen molar-refractivity contribution < 1.29 is 22.6 Å². The Morgan fingerprint density at radius 1 is 1.10 bits per heavy atom. The highest BCUT2D eigenvalue weighted by molar-refractivity contribution is 5.63. The van der Waals surface area contributed by atoms with Crippen molar-refractivity contribution in [1.82, 2.24) is 9.97 Å². The summed E-state index contributed by atoms with van der Waals surface area (Å²) in [5.41, 5.74) is -0.372. The highest BCUT2D eigenvalue weighted by atomic mass is 19.4. The van der Waals surface area contributed by atoms with E-state index >= 15 is 0 Å². The maximum atomic E-state index is 13.5. The summed E-state index contributed by atoms with van der Waals surface area (Å²) < 4.78 is 51.6. The van der Waals surface area contributed by atoms with E-state index in [4.69, 9.17) is 9.47 Å². The second-order valence-electron chi connectivity index (χ2n) is 6.83. The quantitative estimate of drug-likeness (QED) is 0.448. The van der Waals surface area contributed by atoms with E-state index in [9.17, 15) is 13.2 Å². The average molecular weight is 411 g/mol. The van der Waals surface area contributed by atoms with Crippen LogP contribution in [0.15, 0.2) is 30.5 Å². The smallest absolute Gasteiger partial charge is 0.421 e. The Morgan fingerprint density at radius 3 is 2.38 bits per heavy atom. The summed E-state index contributed by atoms with van der Waals surface area (Å²) in [7, 11) is 1.53. The van der Waals surface area contributed by atoms with Crippen LogP contribution in [0.25, 0.3) is 0 Å². The Kier molecular flexibility index (Phi) is 8.10. The summed E-state index contributed by atoms with van der Waals surface area (Å²) >= 11 is 0. The summed E-state index contributed by atoms with van der Waals surface area (Å²) in [6.07, 6.45) is -0.106. The van der Waals surface area contributed by atoms with Crippen LogP contribution in [0.4, 0.5) is 24.7 Å². The molecule has 0 radical (unpaired) electrons. The lowest BCUT2D eigenvalue weighted by Gasteiger charge is -2.23. The van der Waals surface area contributed by atoms with Crippen molar-refractivity contribution in [1.29, 1.82) is 0 Å². The Bertz CT molecular complexity index is 767. The molecule has 0 aliphatic carbocycles. The van der Waals surface area contributed by atoms with Crippen LogP contribution in [0.1, 0.15) is 52.0 Å². The first-order valence-corrected chi connectivity index (χ1v) is 9.83. The molecule has 1 aromatic carbocycles. The molecule has 0 saturated heterocycles. The predicted molar refractivity (Wildman–Crippen MR) is 107 cm³/mol. The fourth-order valence-electron chi connectivity index (χ4n) is 2.58. The molecule has 0 amide bonds. The van der Waals surface area contributed by atoms with Crippen LogP contribution < -0.4 is 14.4 Å². The highest BCUT2D eigenvalue weighted by Crippen LogP contribution is 2.38. The number of aromatic nitrogens is 2. The molecule has 0 aliphatic rings. The molecule has 0 aliphatic heterocycles. The first-order chi connectivity index (χ1) is 13.8. The Hall–Kier alpha value is -2.51. The number of nitrogens with zero attached hydrogens (tertiary/aromatic N) is 3. The zero-order valence-electron chi connectivity index (χ0n) is 17.3. The molecule has 160 valence electrons. The number of ether oxygens (including phenoxy) is 2. The first kappa shape index (κ1) is 22.8. The normalized spacial score (nSPS) is 12.5. The minimum Gasteiger partial charge on any atom is -0.491 e. The van der Waals surface area contributed by atoms with Gasteiger partial charge in [-0.25, -0.2) is 4.98 Å². The fraction of sp³-hybridized carbons (Fsp3) is 0.524. The van der Waals surface area contributed by atoms with Crippen LogP contribution in [0.5, 0.6) is 11.8 Å². The van der Waals surface area contributed by atoms with Crippen molar-refractivity contribution in [2.24, 2.45) is 0 Å². The average Bonchev–Trinajstić information content (AvgIpc) is 2.70. The van der Waals surface area contributed by atoms with E-state index in [0.717, 1.165) is 31.9 Å². The van der Waals surface area contributed by atoms with Gasteiger partial charge in [0.05, 0.1) is 12.7 Å². The molecule has 0 spiro atoms. The van der Waals surface area contributed by atoms with Gasteiger partial charge in [0.1, 0.15) is 11.3 Å². The van der Waals surface area contributed by atoms with Gasteiger partial charge >= 0.3 is 12.2 Å². The zero-order chi connectivity index (χ0) is 21.4. The van der Waals surface area contributed by atoms with Crippen LogP contribution in [0, 0.1) is 0 Å². The highest BCUT2D eigenvalue weighted by Gasteiger charge is 2.36. The molecule has 0 fully saturated rings. The number of halogens is 3. The topological polar surface area (TPSA) is 47.5 Å². The zero-order valence-corrected chi connectivity index (χ0v) is 17.3. The fourth-order valence-corrected chi connectivity index (χ4v) is 2.58. The van der Waals surface area contributed by atoms with Gasteiger partial charge in [-0.2, -0.15) is 18.2 Å². The first-order valence-electron chi connectivity index (χ1n) is 9.83. The number of alkyl halides is 3. The standard InChI is InChI=1S/C21H28F3N3O2/c1-5-7-8-13-28-20-25-14-18(21(22,23)24)19(26-20)27(4)16-9-11-17(12-10-16)29-15(3)6-2/h9-12,14-15H,5-8,13H2,1-4H3. The van der Waals surface area contributed by atoms with Gasteiger partial charge in [0, 0.05) is 18.9 Å². The van der Waals surface area contributed by atoms with Crippen LogP contribution in [-0.4, -0.2) is 29.7 Å². The summed E-state index contributed by atoms with van der Waals surface area (Å²) in [4.78, 5) is 9.15. The lowest BCUT2D eigenvalue weighted by Crippen LogP contribution is -2.19. The Labute approximate surface area is 169 Å². The van der Waals surface area contributed by atoms with Gasteiger partial charge in [0.15, 0.2) is 5.82 Å². The van der Waals surface area contributed by atoms with E-state index in [1.54, 1.807) is 24.3 Å². The molecule has 29 heavy (non-hydrogen) atoms. The summed E-state index contributed by atoms with van der Waals surface area (Å²) in [5.74, 6) is 0.406. The third-order valence-corrected chi connectivity index (χ3v) is 4.48. The molecule has 1 heterocycles.